The maximum absolute atomic E-state index is 5.62. The van der Waals surface area contributed by atoms with Crippen LogP contribution >= 0.6 is 0 Å². The van der Waals surface area contributed by atoms with Crippen molar-refractivity contribution in [3.05, 3.63) is 11.7 Å². The van der Waals surface area contributed by atoms with E-state index in [0.717, 1.165) is 24.8 Å². The molecular weight excluding hydrogens is 230 g/mol. The second-order valence-electron chi connectivity index (χ2n) is 5.34. The van der Waals surface area contributed by atoms with Gasteiger partial charge in [-0.2, -0.15) is 4.98 Å². The van der Waals surface area contributed by atoms with E-state index in [1.54, 1.807) is 0 Å². The highest BCUT2D eigenvalue weighted by Gasteiger charge is 2.30. The van der Waals surface area contributed by atoms with Crippen molar-refractivity contribution >= 4 is 0 Å². The van der Waals surface area contributed by atoms with E-state index >= 15 is 0 Å². The summed E-state index contributed by atoms with van der Waals surface area (Å²) >= 11 is 0. The first kappa shape index (κ1) is 12.1. The zero-order valence-corrected chi connectivity index (χ0v) is 10.9. The Morgan fingerprint density at radius 2 is 2.33 bits per heavy atom. The van der Waals surface area contributed by atoms with Gasteiger partial charge in [-0.1, -0.05) is 18.5 Å². The Balaban J connectivity index is 1.66. The standard InChI is InChI=1S/C13H21N3O2/c1-2-9-3-4-10(7-9)12-15-13(18-16-12)11-8-14-5-6-17-11/h9-11,14H,2-8H2,1H3. The Kier molecular flexibility index (Phi) is 3.61. The molecule has 2 heterocycles. The molecule has 3 atom stereocenters. The fraction of sp³-hybridized carbons (Fsp3) is 0.846. The number of rotatable bonds is 3. The van der Waals surface area contributed by atoms with Crippen molar-refractivity contribution in [3.8, 4) is 0 Å². The lowest BCUT2D eigenvalue weighted by molar-refractivity contribution is 0.00755. The molecule has 3 unspecified atom stereocenters. The Morgan fingerprint density at radius 1 is 1.39 bits per heavy atom. The molecule has 0 amide bonds. The minimum atomic E-state index is -0.0663. The fourth-order valence-corrected chi connectivity index (χ4v) is 2.95. The molecule has 1 aliphatic carbocycles. The van der Waals surface area contributed by atoms with Gasteiger partial charge < -0.3 is 14.6 Å². The summed E-state index contributed by atoms with van der Waals surface area (Å²) in [7, 11) is 0. The Labute approximate surface area is 107 Å². The molecule has 1 aromatic heterocycles. The average Bonchev–Trinajstić information content (AvgIpc) is 3.08. The molecule has 3 rings (SSSR count). The van der Waals surface area contributed by atoms with Crippen LogP contribution in [-0.2, 0) is 4.74 Å². The Morgan fingerprint density at radius 3 is 3.06 bits per heavy atom. The first-order chi connectivity index (χ1) is 8.86. The van der Waals surface area contributed by atoms with E-state index in [2.05, 4.69) is 22.4 Å². The maximum atomic E-state index is 5.62. The van der Waals surface area contributed by atoms with Crippen LogP contribution in [0.1, 0.15) is 56.3 Å². The number of ether oxygens (including phenoxy) is 1. The predicted octanol–water partition coefficient (Wildman–Crippen LogP) is 2.02. The van der Waals surface area contributed by atoms with Crippen molar-refractivity contribution < 1.29 is 9.26 Å². The van der Waals surface area contributed by atoms with Crippen molar-refractivity contribution in [1.29, 1.82) is 0 Å². The normalized spacial score (nSPS) is 32.8. The first-order valence-electron chi connectivity index (χ1n) is 7.02. The predicted molar refractivity (Wildman–Crippen MR) is 66.2 cm³/mol. The summed E-state index contributed by atoms with van der Waals surface area (Å²) in [4.78, 5) is 4.54. The fourth-order valence-electron chi connectivity index (χ4n) is 2.95. The quantitative estimate of drug-likeness (QED) is 0.890. The number of nitrogens with one attached hydrogen (secondary N) is 1. The zero-order valence-electron chi connectivity index (χ0n) is 10.9. The number of hydrogen-bond donors (Lipinski definition) is 1. The van der Waals surface area contributed by atoms with Gasteiger partial charge in [0.2, 0.25) is 0 Å². The number of aromatic nitrogens is 2. The number of morpholine rings is 1. The molecule has 0 spiro atoms. The highest BCUT2D eigenvalue weighted by atomic mass is 16.5. The van der Waals surface area contributed by atoms with Crippen molar-refractivity contribution in [3.63, 3.8) is 0 Å². The van der Waals surface area contributed by atoms with E-state index in [4.69, 9.17) is 9.26 Å². The lowest BCUT2D eigenvalue weighted by Crippen LogP contribution is -2.33. The molecular formula is C13H21N3O2. The molecule has 5 nitrogen and oxygen atoms in total. The molecule has 0 bridgehead atoms. The van der Waals surface area contributed by atoms with Gasteiger partial charge >= 0.3 is 0 Å². The van der Waals surface area contributed by atoms with E-state index in [1.807, 2.05) is 0 Å². The van der Waals surface area contributed by atoms with Gasteiger partial charge in [-0.25, -0.2) is 0 Å². The molecule has 100 valence electrons. The highest BCUT2D eigenvalue weighted by molar-refractivity contribution is 5.01. The largest absolute Gasteiger partial charge is 0.366 e. The van der Waals surface area contributed by atoms with Crippen molar-refractivity contribution in [2.75, 3.05) is 19.7 Å². The number of nitrogens with zero attached hydrogens (tertiary/aromatic N) is 2. The third-order valence-corrected chi connectivity index (χ3v) is 4.14. The molecule has 2 aliphatic rings. The van der Waals surface area contributed by atoms with Crippen LogP contribution in [0, 0.1) is 5.92 Å². The summed E-state index contributed by atoms with van der Waals surface area (Å²) in [6, 6.07) is 0. The first-order valence-corrected chi connectivity index (χ1v) is 7.02. The molecule has 0 radical (unpaired) electrons. The smallest absolute Gasteiger partial charge is 0.257 e. The van der Waals surface area contributed by atoms with Gasteiger partial charge in [0.25, 0.3) is 5.89 Å². The van der Waals surface area contributed by atoms with E-state index in [-0.39, 0.29) is 6.10 Å². The molecule has 2 fully saturated rings. The lowest BCUT2D eigenvalue weighted by atomic mass is 10.0. The van der Waals surface area contributed by atoms with Gasteiger partial charge in [0.05, 0.1) is 6.61 Å². The van der Waals surface area contributed by atoms with Crippen LogP contribution in [0.15, 0.2) is 4.52 Å². The summed E-state index contributed by atoms with van der Waals surface area (Å²) in [6.07, 6.45) is 4.90. The van der Waals surface area contributed by atoms with Crippen LogP contribution in [0.5, 0.6) is 0 Å². The van der Waals surface area contributed by atoms with Gasteiger partial charge in [-0.3, -0.25) is 0 Å². The summed E-state index contributed by atoms with van der Waals surface area (Å²) in [5.41, 5.74) is 0. The van der Waals surface area contributed by atoms with E-state index in [0.29, 0.717) is 18.4 Å². The molecule has 1 saturated heterocycles. The van der Waals surface area contributed by atoms with Crippen molar-refractivity contribution in [2.24, 2.45) is 5.92 Å². The van der Waals surface area contributed by atoms with Crippen LogP contribution < -0.4 is 5.32 Å². The van der Waals surface area contributed by atoms with Gasteiger partial charge in [0.15, 0.2) is 5.82 Å². The van der Waals surface area contributed by atoms with Gasteiger partial charge in [-0.15, -0.1) is 0 Å². The third-order valence-electron chi connectivity index (χ3n) is 4.14. The SMILES string of the molecule is CCC1CCC(c2noc(C3CNCCO3)n2)C1. The van der Waals surface area contributed by atoms with E-state index < -0.39 is 0 Å². The molecule has 1 saturated carbocycles. The summed E-state index contributed by atoms with van der Waals surface area (Å²) in [5, 5.41) is 7.42. The van der Waals surface area contributed by atoms with Crippen LogP contribution in [-0.4, -0.2) is 29.8 Å². The van der Waals surface area contributed by atoms with E-state index in [9.17, 15) is 0 Å². The minimum absolute atomic E-state index is 0.0663. The van der Waals surface area contributed by atoms with Gasteiger partial charge in [-0.05, 0) is 25.2 Å². The second kappa shape index (κ2) is 5.36. The third kappa shape index (κ3) is 2.42. The van der Waals surface area contributed by atoms with Crippen LogP contribution in [0.4, 0.5) is 0 Å². The van der Waals surface area contributed by atoms with Crippen LogP contribution in [0.2, 0.25) is 0 Å². The molecule has 0 aromatic carbocycles. The molecule has 1 aliphatic heterocycles. The molecule has 1 N–H and O–H groups in total. The average molecular weight is 251 g/mol. The summed E-state index contributed by atoms with van der Waals surface area (Å²) < 4.78 is 11.0. The zero-order chi connectivity index (χ0) is 12.4. The summed E-state index contributed by atoms with van der Waals surface area (Å²) in [5.74, 6) is 2.85. The van der Waals surface area contributed by atoms with Gasteiger partial charge in [0.1, 0.15) is 6.10 Å². The van der Waals surface area contributed by atoms with E-state index in [1.165, 1.54) is 25.7 Å². The maximum Gasteiger partial charge on any atom is 0.257 e. The molecule has 5 heteroatoms. The monoisotopic (exact) mass is 251 g/mol. The molecule has 1 aromatic rings. The second-order valence-corrected chi connectivity index (χ2v) is 5.34. The number of hydrogen-bond acceptors (Lipinski definition) is 5. The topological polar surface area (TPSA) is 60.2 Å². The van der Waals surface area contributed by atoms with Crippen molar-refractivity contribution in [1.82, 2.24) is 15.5 Å². The minimum Gasteiger partial charge on any atom is -0.366 e. The summed E-state index contributed by atoms with van der Waals surface area (Å²) in [6.45, 7) is 4.64. The van der Waals surface area contributed by atoms with Gasteiger partial charge in [0, 0.05) is 19.0 Å². The molecule has 18 heavy (non-hydrogen) atoms. The van der Waals surface area contributed by atoms with Crippen LogP contribution in [0.3, 0.4) is 0 Å². The lowest BCUT2D eigenvalue weighted by Gasteiger charge is -2.19. The Hall–Kier alpha value is -0.940. The van der Waals surface area contributed by atoms with Crippen LogP contribution in [0.25, 0.3) is 0 Å². The van der Waals surface area contributed by atoms with Crippen molar-refractivity contribution in [2.45, 2.75) is 44.6 Å². The highest BCUT2D eigenvalue weighted by Crippen LogP contribution is 2.38. The Bertz CT molecular complexity index is 387.